The molecule has 2 aromatic rings. The highest BCUT2D eigenvalue weighted by atomic mass is 35.5. The van der Waals surface area contributed by atoms with Crippen molar-refractivity contribution in [2.24, 2.45) is 5.73 Å². The van der Waals surface area contributed by atoms with E-state index in [0.717, 1.165) is 5.56 Å². The Hall–Kier alpha value is -1.43. The fraction of sp³-hybridized carbons (Fsp3) is 0.0769. The number of nitrogens with two attached hydrogens (primary N) is 1. The number of hydrogen-bond donors (Lipinski definition) is 2. The number of rotatable bonds is 3. The van der Waals surface area contributed by atoms with Gasteiger partial charge in [0.2, 0.25) is 0 Å². The summed E-state index contributed by atoms with van der Waals surface area (Å²) in [4.78, 5) is 4.40. The maximum absolute atomic E-state index is 13.4. The van der Waals surface area contributed by atoms with Gasteiger partial charge in [0.25, 0.3) is 0 Å². The maximum atomic E-state index is 13.4. The molecular weight excluding hydrogens is 320 g/mol. The Morgan fingerprint density at radius 3 is 2.50 bits per heavy atom. The van der Waals surface area contributed by atoms with Gasteiger partial charge in [0.1, 0.15) is 10.8 Å². The monoisotopic (exact) mass is 329 g/mol. The van der Waals surface area contributed by atoms with Gasteiger partial charge in [-0.2, -0.15) is 0 Å². The Balaban J connectivity index is 2.45. The minimum absolute atomic E-state index is 0.0791. The second kappa shape index (κ2) is 5.91. The molecule has 20 heavy (non-hydrogen) atoms. The first-order valence-corrected chi connectivity index (χ1v) is 6.73. The van der Waals surface area contributed by atoms with Gasteiger partial charge in [0, 0.05) is 11.9 Å². The molecule has 0 amide bonds. The van der Waals surface area contributed by atoms with Crippen molar-refractivity contribution in [3.05, 3.63) is 51.4 Å². The Morgan fingerprint density at radius 2 is 1.95 bits per heavy atom. The first-order valence-electron chi connectivity index (χ1n) is 5.57. The number of aryl methyl sites for hydroxylation is 1. The van der Waals surface area contributed by atoms with E-state index in [1.165, 1.54) is 12.1 Å². The van der Waals surface area contributed by atoms with Gasteiger partial charge in [0.05, 0.1) is 15.6 Å². The summed E-state index contributed by atoms with van der Waals surface area (Å²) in [6.45, 7) is 1.87. The van der Waals surface area contributed by atoms with Crippen LogP contribution in [0.4, 0.5) is 15.9 Å². The lowest BCUT2D eigenvalue weighted by Gasteiger charge is -2.13. The third kappa shape index (κ3) is 3.00. The molecule has 7 heteroatoms. The van der Waals surface area contributed by atoms with Crippen LogP contribution in [0.3, 0.4) is 0 Å². The number of benzene rings is 1. The summed E-state index contributed by atoms with van der Waals surface area (Å²) in [7, 11) is 0. The highest BCUT2D eigenvalue weighted by Crippen LogP contribution is 2.29. The third-order valence-corrected chi connectivity index (χ3v) is 3.41. The summed E-state index contributed by atoms with van der Waals surface area (Å²) in [6.07, 6.45) is 1.62. The maximum Gasteiger partial charge on any atom is 0.160 e. The molecule has 0 spiro atoms. The van der Waals surface area contributed by atoms with Gasteiger partial charge in [-0.15, -0.1) is 0 Å². The molecule has 0 aliphatic heterocycles. The molecule has 1 aromatic carbocycles. The smallest absolute Gasteiger partial charge is 0.160 e. The molecule has 0 radical (unpaired) electrons. The zero-order chi connectivity index (χ0) is 14.9. The quantitative estimate of drug-likeness (QED) is 0.654. The second-order valence-corrected chi connectivity index (χ2v) is 5.35. The van der Waals surface area contributed by atoms with Crippen molar-refractivity contribution in [3.8, 4) is 0 Å². The lowest BCUT2D eigenvalue weighted by Crippen LogP contribution is -2.14. The molecule has 2 rings (SSSR count). The zero-order valence-electron chi connectivity index (χ0n) is 10.4. The number of pyridine rings is 1. The summed E-state index contributed by atoms with van der Waals surface area (Å²) >= 11 is 16.5. The van der Waals surface area contributed by atoms with E-state index in [0.29, 0.717) is 17.1 Å². The number of thiocarbonyl (C=S) groups is 1. The minimum Gasteiger partial charge on any atom is -0.389 e. The van der Waals surface area contributed by atoms with Gasteiger partial charge in [-0.25, -0.2) is 9.37 Å². The van der Waals surface area contributed by atoms with E-state index in [4.69, 9.17) is 41.2 Å². The van der Waals surface area contributed by atoms with E-state index in [1.807, 2.05) is 6.92 Å². The van der Waals surface area contributed by atoms with Gasteiger partial charge in [-0.05, 0) is 30.7 Å². The van der Waals surface area contributed by atoms with Crippen molar-refractivity contribution in [1.29, 1.82) is 0 Å². The predicted molar refractivity (Wildman–Crippen MR) is 84.6 cm³/mol. The SMILES string of the molecule is Cc1ccnc(Nc2cc(Cl)c(F)c(Cl)c2)c1C(N)=S. The lowest BCUT2D eigenvalue weighted by molar-refractivity contribution is 0.629. The number of aromatic nitrogens is 1. The van der Waals surface area contributed by atoms with Crippen LogP contribution in [0.5, 0.6) is 0 Å². The van der Waals surface area contributed by atoms with Crippen LogP contribution < -0.4 is 11.1 Å². The van der Waals surface area contributed by atoms with Gasteiger partial charge in [0.15, 0.2) is 5.82 Å². The van der Waals surface area contributed by atoms with Crippen molar-refractivity contribution >= 4 is 51.9 Å². The van der Waals surface area contributed by atoms with E-state index in [2.05, 4.69) is 10.3 Å². The van der Waals surface area contributed by atoms with Crippen molar-refractivity contribution in [2.75, 3.05) is 5.32 Å². The standard InChI is InChI=1S/C13H10Cl2FN3S/c1-6-2-3-18-13(10(6)12(17)20)19-7-4-8(14)11(16)9(15)5-7/h2-5H,1H3,(H2,17,20)(H,18,19). The molecule has 1 aromatic heterocycles. The molecule has 0 fully saturated rings. The van der Waals surface area contributed by atoms with E-state index in [1.54, 1.807) is 12.3 Å². The van der Waals surface area contributed by atoms with Gasteiger partial charge >= 0.3 is 0 Å². The van der Waals surface area contributed by atoms with E-state index >= 15 is 0 Å². The molecule has 0 unspecified atom stereocenters. The summed E-state index contributed by atoms with van der Waals surface area (Å²) in [5, 5.41) is 2.83. The largest absolute Gasteiger partial charge is 0.389 e. The molecule has 0 saturated carbocycles. The van der Waals surface area contributed by atoms with Crippen LogP contribution >= 0.6 is 35.4 Å². The average molecular weight is 330 g/mol. The van der Waals surface area contributed by atoms with Crippen molar-refractivity contribution in [3.63, 3.8) is 0 Å². The Kier molecular flexibility index (Phi) is 4.42. The molecular formula is C13H10Cl2FN3S. The number of halogens is 3. The fourth-order valence-corrected chi connectivity index (χ4v) is 2.47. The van der Waals surface area contributed by atoms with Gasteiger partial charge < -0.3 is 11.1 Å². The van der Waals surface area contributed by atoms with Gasteiger partial charge in [-0.3, -0.25) is 0 Å². The number of anilines is 2. The Bertz CT molecular complexity index is 668. The molecule has 0 saturated heterocycles. The first-order chi connectivity index (χ1) is 9.40. The van der Waals surface area contributed by atoms with Crippen LogP contribution in [0.1, 0.15) is 11.1 Å². The van der Waals surface area contributed by atoms with Crippen LogP contribution in [0, 0.1) is 12.7 Å². The average Bonchev–Trinajstić information content (AvgIpc) is 2.35. The lowest BCUT2D eigenvalue weighted by atomic mass is 10.1. The molecule has 3 nitrogen and oxygen atoms in total. The topological polar surface area (TPSA) is 50.9 Å². The molecule has 1 heterocycles. The van der Waals surface area contributed by atoms with Crippen LogP contribution in [0.15, 0.2) is 24.4 Å². The molecule has 104 valence electrons. The van der Waals surface area contributed by atoms with E-state index in [-0.39, 0.29) is 15.0 Å². The highest BCUT2D eigenvalue weighted by molar-refractivity contribution is 7.80. The van der Waals surface area contributed by atoms with Crippen LogP contribution in [0.2, 0.25) is 10.0 Å². The number of hydrogen-bond acceptors (Lipinski definition) is 3. The number of nitrogens with one attached hydrogen (secondary N) is 1. The van der Waals surface area contributed by atoms with Crippen molar-refractivity contribution < 1.29 is 4.39 Å². The Morgan fingerprint density at radius 1 is 1.35 bits per heavy atom. The summed E-state index contributed by atoms with van der Waals surface area (Å²) < 4.78 is 13.4. The first kappa shape index (κ1) is 15.0. The number of nitrogens with zero attached hydrogens (tertiary/aromatic N) is 1. The molecule has 3 N–H and O–H groups in total. The van der Waals surface area contributed by atoms with Crippen molar-refractivity contribution in [1.82, 2.24) is 4.98 Å². The van der Waals surface area contributed by atoms with E-state index in [9.17, 15) is 4.39 Å². The molecule has 0 bridgehead atoms. The predicted octanol–water partition coefficient (Wildman–Crippen LogP) is 4.21. The Labute approximate surface area is 130 Å². The van der Waals surface area contributed by atoms with Crippen LogP contribution in [0.25, 0.3) is 0 Å². The van der Waals surface area contributed by atoms with Crippen LogP contribution in [-0.2, 0) is 0 Å². The molecule has 0 atom stereocenters. The van der Waals surface area contributed by atoms with Crippen molar-refractivity contribution in [2.45, 2.75) is 6.92 Å². The van der Waals surface area contributed by atoms with Crippen LogP contribution in [-0.4, -0.2) is 9.97 Å². The summed E-state index contributed by atoms with van der Waals surface area (Å²) in [6, 6.07) is 4.62. The normalized spacial score (nSPS) is 10.4. The van der Waals surface area contributed by atoms with E-state index < -0.39 is 5.82 Å². The third-order valence-electron chi connectivity index (χ3n) is 2.65. The second-order valence-electron chi connectivity index (χ2n) is 4.09. The summed E-state index contributed by atoms with van der Waals surface area (Å²) in [5.74, 6) is -0.193. The summed E-state index contributed by atoms with van der Waals surface area (Å²) in [5.41, 5.74) is 7.70. The fourth-order valence-electron chi connectivity index (χ4n) is 1.73. The van der Waals surface area contributed by atoms with Gasteiger partial charge in [-0.1, -0.05) is 35.4 Å². The highest BCUT2D eigenvalue weighted by Gasteiger charge is 2.12. The molecule has 0 aliphatic carbocycles. The molecule has 0 aliphatic rings. The minimum atomic E-state index is -0.661. The zero-order valence-corrected chi connectivity index (χ0v) is 12.7.